The summed E-state index contributed by atoms with van der Waals surface area (Å²) in [6.45, 7) is 8.78. The number of hydrogen-bond acceptors (Lipinski definition) is 4. The molecule has 1 N–H and O–H groups in total. The van der Waals surface area contributed by atoms with Gasteiger partial charge in [-0.05, 0) is 80.9 Å². The number of allylic oxidation sites excluding steroid dienone is 1. The fraction of sp³-hybridized carbons (Fsp3) is 0.324. The zero-order valence-electron chi connectivity index (χ0n) is 23.1. The van der Waals surface area contributed by atoms with E-state index in [4.69, 9.17) is 4.98 Å². The van der Waals surface area contributed by atoms with Gasteiger partial charge in [-0.3, -0.25) is 0 Å². The van der Waals surface area contributed by atoms with Gasteiger partial charge >= 0.3 is 0 Å². The maximum atomic E-state index is 4.69. The Balaban J connectivity index is 1.54. The molecule has 0 radical (unpaired) electrons. The van der Waals surface area contributed by atoms with Crippen LogP contribution in [0.1, 0.15) is 60.2 Å². The summed E-state index contributed by atoms with van der Waals surface area (Å²) in [5, 5.41) is 4.89. The number of rotatable bonds is 12. The predicted octanol–water partition coefficient (Wildman–Crippen LogP) is 9.32. The van der Waals surface area contributed by atoms with Crippen molar-refractivity contribution in [2.45, 2.75) is 65.8 Å². The Bertz CT molecular complexity index is 1350. The lowest BCUT2D eigenvalue weighted by atomic mass is 9.91. The fourth-order valence-corrected chi connectivity index (χ4v) is 6.13. The van der Waals surface area contributed by atoms with Crippen LogP contribution in [-0.4, -0.2) is 16.8 Å². The molecule has 0 saturated heterocycles. The van der Waals surface area contributed by atoms with E-state index in [-0.39, 0.29) is 0 Å². The minimum absolute atomic E-state index is 0.374. The van der Waals surface area contributed by atoms with Crippen LogP contribution >= 0.6 is 24.0 Å². The van der Waals surface area contributed by atoms with Crippen molar-refractivity contribution in [1.29, 1.82) is 0 Å². The van der Waals surface area contributed by atoms with Crippen LogP contribution in [0.3, 0.4) is 0 Å². The number of benzene rings is 3. The maximum Gasteiger partial charge on any atom is 0.123 e. The molecule has 1 unspecified atom stereocenters. The first-order valence-corrected chi connectivity index (χ1v) is 15.2. The molecule has 38 heavy (non-hydrogen) atoms. The van der Waals surface area contributed by atoms with Gasteiger partial charge in [0.1, 0.15) is 5.01 Å². The van der Waals surface area contributed by atoms with Crippen molar-refractivity contribution >= 4 is 29.7 Å². The number of hydrogen-bond donors (Lipinski definition) is 2. The minimum atomic E-state index is 0.374. The highest BCUT2D eigenvalue weighted by Gasteiger charge is 2.14. The summed E-state index contributed by atoms with van der Waals surface area (Å²) < 4.78 is 0. The molecular formula is C34H40N2S2. The normalized spacial score (nSPS) is 12.5. The molecule has 1 atom stereocenters. The molecule has 1 heterocycles. The lowest BCUT2D eigenvalue weighted by Crippen LogP contribution is -2.25. The third kappa shape index (κ3) is 7.39. The molecule has 4 heteroatoms. The third-order valence-electron chi connectivity index (χ3n) is 6.92. The summed E-state index contributed by atoms with van der Waals surface area (Å²) >= 11 is 6.26. The van der Waals surface area contributed by atoms with Gasteiger partial charge in [-0.2, -0.15) is 12.6 Å². The van der Waals surface area contributed by atoms with Gasteiger partial charge < -0.3 is 5.32 Å². The molecule has 0 aliphatic heterocycles. The van der Waals surface area contributed by atoms with Crippen LogP contribution in [0, 0.1) is 13.8 Å². The molecule has 4 aromatic rings. The number of aryl methyl sites for hydroxylation is 4. The Labute approximate surface area is 238 Å². The average molecular weight is 541 g/mol. The van der Waals surface area contributed by atoms with Gasteiger partial charge in [0.15, 0.2) is 0 Å². The van der Waals surface area contributed by atoms with Crippen LogP contribution in [0.15, 0.2) is 79.0 Å². The highest BCUT2D eigenvalue weighted by molar-refractivity contribution is 7.80. The number of aromatic nitrogens is 1. The second-order valence-electron chi connectivity index (χ2n) is 10.1. The topological polar surface area (TPSA) is 24.9 Å². The molecule has 0 fully saturated rings. The van der Waals surface area contributed by atoms with Gasteiger partial charge in [-0.1, -0.05) is 85.3 Å². The summed E-state index contributed by atoms with van der Waals surface area (Å²) in [5.41, 5.74) is 10.3. The molecule has 0 saturated carbocycles. The van der Waals surface area contributed by atoms with E-state index < -0.39 is 0 Å². The third-order valence-corrected chi connectivity index (χ3v) is 8.29. The van der Waals surface area contributed by atoms with E-state index in [1.807, 2.05) is 11.3 Å². The summed E-state index contributed by atoms with van der Waals surface area (Å²) in [7, 11) is 0. The van der Waals surface area contributed by atoms with E-state index in [9.17, 15) is 0 Å². The molecule has 1 aromatic heterocycles. The molecule has 198 valence electrons. The largest absolute Gasteiger partial charge is 0.382 e. The van der Waals surface area contributed by atoms with Gasteiger partial charge in [0, 0.05) is 33.9 Å². The quantitative estimate of drug-likeness (QED) is 0.175. The van der Waals surface area contributed by atoms with Gasteiger partial charge in [0.05, 0.1) is 0 Å². The molecule has 0 aliphatic rings. The zero-order valence-corrected chi connectivity index (χ0v) is 24.8. The van der Waals surface area contributed by atoms with Crippen LogP contribution in [0.25, 0.3) is 27.4 Å². The first-order chi connectivity index (χ1) is 18.5. The van der Waals surface area contributed by atoms with Crippen LogP contribution in [0.4, 0.5) is 0 Å². The number of thiazole rings is 1. The molecule has 0 bridgehead atoms. The molecule has 2 nitrogen and oxygen atoms in total. The second-order valence-corrected chi connectivity index (χ2v) is 11.7. The molecular weight excluding hydrogens is 501 g/mol. The van der Waals surface area contributed by atoms with E-state index in [0.29, 0.717) is 6.04 Å². The van der Waals surface area contributed by atoms with Crippen LogP contribution in [0.2, 0.25) is 0 Å². The van der Waals surface area contributed by atoms with Crippen molar-refractivity contribution in [3.05, 3.63) is 106 Å². The standard InChI is InChI=1S/C34H40N2S2/c1-5-9-33(36-26(4)20-21-37)31-19-16-27(22-32(31)30-13-7-6-10-25(30)3)11-8-12-29-23-35-34(38-29)28-17-14-24(2)15-18-28/h6-7,9-10,13-19,22-23,26,36-37H,5,8,11-12,20-21H2,1-4H3. The smallest absolute Gasteiger partial charge is 0.123 e. The van der Waals surface area contributed by atoms with Crippen molar-refractivity contribution in [1.82, 2.24) is 10.3 Å². The Morgan fingerprint density at radius 2 is 1.79 bits per heavy atom. The number of nitrogens with zero attached hydrogens (tertiary/aromatic N) is 1. The monoisotopic (exact) mass is 540 g/mol. The maximum absolute atomic E-state index is 4.69. The minimum Gasteiger partial charge on any atom is -0.382 e. The Morgan fingerprint density at radius 3 is 2.53 bits per heavy atom. The van der Waals surface area contributed by atoms with Gasteiger partial charge in [0.2, 0.25) is 0 Å². The Morgan fingerprint density at radius 1 is 1.00 bits per heavy atom. The number of nitrogens with one attached hydrogen (secondary N) is 1. The predicted molar refractivity (Wildman–Crippen MR) is 170 cm³/mol. The summed E-state index contributed by atoms with van der Waals surface area (Å²) in [4.78, 5) is 6.04. The zero-order chi connectivity index (χ0) is 26.9. The molecule has 0 spiro atoms. The summed E-state index contributed by atoms with van der Waals surface area (Å²) in [6, 6.07) is 24.8. The number of thiol groups is 1. The molecule has 3 aromatic carbocycles. The second kappa shape index (κ2) is 13.8. The van der Waals surface area contributed by atoms with Crippen molar-refractivity contribution in [3.8, 4) is 21.7 Å². The van der Waals surface area contributed by atoms with E-state index in [1.54, 1.807) is 0 Å². The lowest BCUT2D eigenvalue weighted by Gasteiger charge is -2.21. The molecule has 0 amide bonds. The van der Waals surface area contributed by atoms with Crippen LogP contribution in [0.5, 0.6) is 0 Å². The SMILES string of the molecule is CCC=C(NC(C)CCS)c1ccc(CCCc2cnc(-c3ccc(C)cc3)s2)cc1-c1ccccc1C. The van der Waals surface area contributed by atoms with E-state index in [1.165, 1.54) is 49.5 Å². The van der Waals surface area contributed by atoms with Crippen molar-refractivity contribution < 1.29 is 0 Å². The van der Waals surface area contributed by atoms with E-state index in [2.05, 4.69) is 125 Å². The fourth-order valence-electron chi connectivity index (χ4n) is 4.78. The van der Waals surface area contributed by atoms with Gasteiger partial charge in [-0.15, -0.1) is 11.3 Å². The van der Waals surface area contributed by atoms with Crippen LogP contribution < -0.4 is 5.32 Å². The van der Waals surface area contributed by atoms with Crippen molar-refractivity contribution in [2.24, 2.45) is 0 Å². The Kier molecular flexibility index (Phi) is 10.3. The van der Waals surface area contributed by atoms with E-state index >= 15 is 0 Å². The lowest BCUT2D eigenvalue weighted by molar-refractivity contribution is 0.635. The van der Waals surface area contributed by atoms with Crippen molar-refractivity contribution in [3.63, 3.8) is 0 Å². The van der Waals surface area contributed by atoms with Crippen LogP contribution in [-0.2, 0) is 12.8 Å². The average Bonchev–Trinajstić information content (AvgIpc) is 3.38. The first-order valence-electron chi connectivity index (χ1n) is 13.8. The van der Waals surface area contributed by atoms with Gasteiger partial charge in [0.25, 0.3) is 0 Å². The van der Waals surface area contributed by atoms with E-state index in [0.717, 1.165) is 42.9 Å². The van der Waals surface area contributed by atoms with Gasteiger partial charge in [-0.25, -0.2) is 4.98 Å². The summed E-state index contributed by atoms with van der Waals surface area (Å²) in [6.07, 6.45) is 9.61. The summed E-state index contributed by atoms with van der Waals surface area (Å²) in [5.74, 6) is 0.878. The molecule has 4 rings (SSSR count). The highest BCUT2D eigenvalue weighted by Crippen LogP contribution is 2.33. The van der Waals surface area contributed by atoms with Crippen molar-refractivity contribution in [2.75, 3.05) is 5.75 Å². The molecule has 0 aliphatic carbocycles. The Hall–Kier alpha value is -2.82. The highest BCUT2D eigenvalue weighted by atomic mass is 32.1. The first kappa shape index (κ1) is 28.2.